The fourth-order valence-electron chi connectivity index (χ4n) is 3.76. The van der Waals surface area contributed by atoms with Crippen LogP contribution < -0.4 is 20.3 Å². The molecule has 32 heavy (non-hydrogen) atoms. The Bertz CT molecular complexity index is 1160. The van der Waals surface area contributed by atoms with Gasteiger partial charge in [0.15, 0.2) is 0 Å². The average Bonchev–Trinajstić information content (AvgIpc) is 3.31. The van der Waals surface area contributed by atoms with E-state index in [1.54, 1.807) is 31.4 Å². The predicted molar refractivity (Wildman–Crippen MR) is 122 cm³/mol. The second kappa shape index (κ2) is 9.32. The van der Waals surface area contributed by atoms with Gasteiger partial charge >= 0.3 is 6.03 Å². The van der Waals surface area contributed by atoms with Crippen molar-refractivity contribution in [3.05, 3.63) is 59.2 Å². The molecule has 1 atom stereocenters. The molecule has 2 aromatic carbocycles. The zero-order valence-electron chi connectivity index (χ0n) is 17.5. The van der Waals surface area contributed by atoms with E-state index in [1.807, 2.05) is 24.4 Å². The fraction of sp³-hybridized carbons (Fsp3) is 0.261. The number of imide groups is 1. The Morgan fingerprint density at radius 3 is 2.72 bits per heavy atom. The number of nitrogens with one attached hydrogen (secondary N) is 3. The number of hydrogen-bond acceptors (Lipinski definition) is 4. The highest BCUT2D eigenvalue weighted by Gasteiger charge is 2.38. The molecule has 2 heterocycles. The smallest absolute Gasteiger partial charge is 0.329 e. The summed E-state index contributed by atoms with van der Waals surface area (Å²) >= 11 is 6.07. The van der Waals surface area contributed by atoms with Crippen LogP contribution in [0.2, 0.25) is 5.02 Å². The Labute approximate surface area is 189 Å². The third kappa shape index (κ3) is 4.55. The van der Waals surface area contributed by atoms with Crippen LogP contribution in [-0.2, 0) is 16.0 Å². The summed E-state index contributed by atoms with van der Waals surface area (Å²) in [6.07, 6.45) is 2.92. The number of aromatic amines is 1. The van der Waals surface area contributed by atoms with Gasteiger partial charge in [-0.25, -0.2) is 9.69 Å². The summed E-state index contributed by atoms with van der Waals surface area (Å²) in [4.78, 5) is 41.5. The van der Waals surface area contributed by atoms with Crippen LogP contribution in [0.5, 0.6) is 5.75 Å². The number of carbonyl (C=O) groups is 3. The maximum atomic E-state index is 12.7. The maximum Gasteiger partial charge on any atom is 0.329 e. The second-order valence-corrected chi connectivity index (χ2v) is 7.95. The van der Waals surface area contributed by atoms with Gasteiger partial charge in [0.05, 0.1) is 12.8 Å². The lowest BCUT2D eigenvalue weighted by Crippen LogP contribution is -2.33. The first-order valence-corrected chi connectivity index (χ1v) is 10.6. The van der Waals surface area contributed by atoms with Crippen LogP contribution in [-0.4, -0.2) is 42.5 Å². The van der Waals surface area contributed by atoms with Gasteiger partial charge in [0.2, 0.25) is 5.91 Å². The lowest BCUT2D eigenvalue weighted by atomic mass is 10.1. The number of aromatic nitrogens is 1. The first-order chi connectivity index (χ1) is 15.5. The molecule has 0 spiro atoms. The molecule has 166 valence electrons. The van der Waals surface area contributed by atoms with Crippen molar-refractivity contribution in [2.24, 2.45) is 0 Å². The number of urea groups is 1. The molecule has 3 N–H and O–H groups in total. The quantitative estimate of drug-likeness (QED) is 0.454. The van der Waals surface area contributed by atoms with E-state index in [1.165, 1.54) is 0 Å². The molecule has 1 unspecified atom stereocenters. The van der Waals surface area contributed by atoms with Crippen molar-refractivity contribution in [3.8, 4) is 5.75 Å². The number of amides is 4. The fourth-order valence-corrected chi connectivity index (χ4v) is 3.93. The molecule has 1 aliphatic heterocycles. The zero-order valence-corrected chi connectivity index (χ0v) is 18.2. The normalized spacial score (nSPS) is 15.8. The van der Waals surface area contributed by atoms with Gasteiger partial charge in [-0.2, -0.15) is 0 Å². The summed E-state index contributed by atoms with van der Waals surface area (Å²) in [5.41, 5.74) is 2.52. The van der Waals surface area contributed by atoms with Gasteiger partial charge in [-0.15, -0.1) is 0 Å². The van der Waals surface area contributed by atoms with Crippen LogP contribution >= 0.6 is 11.6 Å². The number of nitrogens with zero attached hydrogens (tertiary/aromatic N) is 1. The van der Waals surface area contributed by atoms with E-state index < -0.39 is 12.1 Å². The third-order valence-electron chi connectivity index (χ3n) is 5.46. The van der Waals surface area contributed by atoms with Crippen LogP contribution in [0.4, 0.5) is 10.5 Å². The summed E-state index contributed by atoms with van der Waals surface area (Å²) in [5.74, 6) is 0.0845. The number of fused-ring (bicyclic) bond motifs is 1. The number of hydrogen-bond donors (Lipinski definition) is 3. The summed E-state index contributed by atoms with van der Waals surface area (Å²) in [7, 11) is 1.54. The summed E-state index contributed by atoms with van der Waals surface area (Å²) in [6.45, 7) is 0.460. The molecule has 1 saturated heterocycles. The molecule has 0 aliphatic carbocycles. The molecule has 1 aliphatic rings. The molecule has 0 radical (unpaired) electrons. The van der Waals surface area contributed by atoms with Crippen molar-refractivity contribution >= 4 is 46.0 Å². The minimum Gasteiger partial charge on any atom is -0.497 e. The van der Waals surface area contributed by atoms with Gasteiger partial charge in [0.25, 0.3) is 5.91 Å². The van der Waals surface area contributed by atoms with Crippen LogP contribution in [0.3, 0.4) is 0 Å². The Hall–Kier alpha value is -3.52. The number of anilines is 1. The van der Waals surface area contributed by atoms with Crippen LogP contribution in [0.1, 0.15) is 18.4 Å². The zero-order chi connectivity index (χ0) is 22.7. The summed E-state index contributed by atoms with van der Waals surface area (Å²) in [5, 5.41) is 7.21. The van der Waals surface area contributed by atoms with E-state index in [0.29, 0.717) is 29.4 Å². The van der Waals surface area contributed by atoms with E-state index in [2.05, 4.69) is 15.6 Å². The van der Waals surface area contributed by atoms with Crippen LogP contribution in [0.25, 0.3) is 10.9 Å². The van der Waals surface area contributed by atoms with Gasteiger partial charge in [0, 0.05) is 35.1 Å². The molecule has 3 aromatic rings. The Balaban J connectivity index is 1.26. The molecule has 4 amide bonds. The Morgan fingerprint density at radius 2 is 1.97 bits per heavy atom. The van der Waals surface area contributed by atoms with Crippen molar-refractivity contribution in [1.82, 2.24) is 15.6 Å². The molecule has 4 rings (SSSR count). The van der Waals surface area contributed by atoms with E-state index in [9.17, 15) is 14.4 Å². The minimum atomic E-state index is -0.730. The number of H-pyrrole nitrogens is 1. The number of carbonyl (C=O) groups excluding carboxylic acids is 3. The highest BCUT2D eigenvalue weighted by atomic mass is 35.5. The summed E-state index contributed by atoms with van der Waals surface area (Å²) in [6, 6.07) is 11.1. The van der Waals surface area contributed by atoms with E-state index in [0.717, 1.165) is 21.4 Å². The molecular formula is C23H23ClN4O4. The highest BCUT2D eigenvalue weighted by molar-refractivity contribution is 6.31. The monoisotopic (exact) mass is 454 g/mol. The lowest BCUT2D eigenvalue weighted by Gasteiger charge is -2.13. The van der Waals surface area contributed by atoms with E-state index >= 15 is 0 Å². The van der Waals surface area contributed by atoms with Gasteiger partial charge in [0.1, 0.15) is 11.8 Å². The molecule has 0 saturated carbocycles. The van der Waals surface area contributed by atoms with Gasteiger partial charge in [-0.1, -0.05) is 11.6 Å². The number of halogens is 1. The molecule has 8 nitrogen and oxygen atoms in total. The first-order valence-electron chi connectivity index (χ1n) is 10.3. The summed E-state index contributed by atoms with van der Waals surface area (Å²) < 4.78 is 5.10. The Morgan fingerprint density at radius 1 is 1.19 bits per heavy atom. The van der Waals surface area contributed by atoms with Crippen molar-refractivity contribution in [2.45, 2.75) is 25.3 Å². The van der Waals surface area contributed by atoms with Gasteiger partial charge in [-0.05, 0) is 60.9 Å². The maximum absolute atomic E-state index is 12.7. The molecule has 9 heteroatoms. The van der Waals surface area contributed by atoms with Gasteiger partial charge in [-0.3, -0.25) is 9.59 Å². The topological polar surface area (TPSA) is 104 Å². The second-order valence-electron chi connectivity index (χ2n) is 7.52. The number of rotatable bonds is 8. The van der Waals surface area contributed by atoms with Crippen molar-refractivity contribution in [3.63, 3.8) is 0 Å². The van der Waals surface area contributed by atoms with Crippen LogP contribution in [0, 0.1) is 0 Å². The lowest BCUT2D eigenvalue weighted by molar-refractivity contribution is -0.121. The van der Waals surface area contributed by atoms with Crippen molar-refractivity contribution in [2.75, 3.05) is 18.6 Å². The molecule has 1 fully saturated rings. The van der Waals surface area contributed by atoms with E-state index in [4.69, 9.17) is 16.3 Å². The molecule has 1 aromatic heterocycles. The first kappa shape index (κ1) is 21.7. The molecule has 0 bridgehead atoms. The van der Waals surface area contributed by atoms with Crippen molar-refractivity contribution in [1.29, 1.82) is 0 Å². The van der Waals surface area contributed by atoms with Crippen LogP contribution in [0.15, 0.2) is 48.7 Å². The number of benzene rings is 2. The third-order valence-corrected chi connectivity index (χ3v) is 5.69. The SMILES string of the molecule is COc1ccc(N2C(=O)NC(CCC(=O)NCCc3c[nH]c4ccc(Cl)cc34)C2=O)cc1. The Kier molecular flexibility index (Phi) is 6.32. The van der Waals surface area contributed by atoms with E-state index in [-0.39, 0.29) is 24.7 Å². The largest absolute Gasteiger partial charge is 0.497 e. The number of ether oxygens (including phenoxy) is 1. The molecular weight excluding hydrogens is 432 g/mol. The average molecular weight is 455 g/mol. The predicted octanol–water partition coefficient (Wildman–Crippen LogP) is 3.39. The van der Waals surface area contributed by atoms with Crippen molar-refractivity contribution < 1.29 is 19.1 Å². The van der Waals surface area contributed by atoms with Gasteiger partial charge < -0.3 is 20.4 Å². The highest BCUT2D eigenvalue weighted by Crippen LogP contribution is 2.24. The number of methoxy groups -OCH3 is 1. The standard InChI is InChI=1S/C23H23ClN4O4/c1-32-17-5-3-16(4-6-17)28-22(30)20(27-23(28)31)8-9-21(29)25-11-10-14-13-26-19-7-2-15(24)12-18(14)19/h2-7,12-13,20,26H,8-11H2,1H3,(H,25,29)(H,27,31). The minimum absolute atomic E-state index is 0.132.